The fourth-order valence-corrected chi connectivity index (χ4v) is 6.33. The summed E-state index contributed by atoms with van der Waals surface area (Å²) in [6.45, 7) is 4.08. The van der Waals surface area contributed by atoms with Crippen molar-refractivity contribution in [2.24, 2.45) is 13.0 Å². The molecule has 1 saturated carbocycles. The van der Waals surface area contributed by atoms with Gasteiger partial charge in [-0.3, -0.25) is 4.68 Å². The first-order chi connectivity index (χ1) is 19.4. The van der Waals surface area contributed by atoms with E-state index in [1.165, 1.54) is 36.8 Å². The highest BCUT2D eigenvalue weighted by atomic mass is 19.4. The van der Waals surface area contributed by atoms with Crippen LogP contribution in [0.3, 0.4) is 0 Å². The van der Waals surface area contributed by atoms with Gasteiger partial charge in [-0.2, -0.15) is 31.4 Å². The standard InChI is InChI=1S/C31H36F6N4/c1-3-40(17-21-7-4-5-8-21)29-14-24-10-6-9-23(24)13-25(29)19-41(28-16-38-39(2)20-28)18-22-11-26(30(32,33)34)15-27(12-22)31(35,36)37/h11-16,20-21H,3-10,17-19H2,1-2H3. The van der Waals surface area contributed by atoms with Crippen molar-refractivity contribution in [1.82, 2.24) is 9.78 Å². The predicted octanol–water partition coefficient (Wildman–Crippen LogP) is 8.17. The van der Waals surface area contributed by atoms with Gasteiger partial charge in [0.05, 0.1) is 23.0 Å². The topological polar surface area (TPSA) is 24.3 Å². The molecule has 0 spiro atoms. The Hall–Kier alpha value is -3.17. The van der Waals surface area contributed by atoms with Gasteiger partial charge in [-0.05, 0) is 91.5 Å². The second-order valence-corrected chi connectivity index (χ2v) is 11.4. The number of halogens is 6. The van der Waals surface area contributed by atoms with Crippen molar-refractivity contribution in [3.05, 3.63) is 76.1 Å². The molecule has 0 amide bonds. The van der Waals surface area contributed by atoms with Gasteiger partial charge < -0.3 is 9.80 Å². The molecule has 1 heterocycles. The molecule has 2 aromatic carbocycles. The Labute approximate surface area is 236 Å². The number of rotatable bonds is 9. The third kappa shape index (κ3) is 6.84. The predicted molar refractivity (Wildman–Crippen MR) is 148 cm³/mol. The van der Waals surface area contributed by atoms with Gasteiger partial charge in [-0.15, -0.1) is 0 Å². The van der Waals surface area contributed by atoms with Crippen LogP contribution in [0.2, 0.25) is 0 Å². The van der Waals surface area contributed by atoms with Crippen LogP contribution in [-0.4, -0.2) is 22.9 Å². The van der Waals surface area contributed by atoms with Gasteiger partial charge in [0.1, 0.15) is 0 Å². The fraction of sp³-hybridized carbons (Fsp3) is 0.516. The lowest BCUT2D eigenvalue weighted by atomic mass is 10.00. The number of anilines is 2. The van der Waals surface area contributed by atoms with Crippen molar-refractivity contribution in [3.63, 3.8) is 0 Å². The highest BCUT2D eigenvalue weighted by molar-refractivity contribution is 5.60. The summed E-state index contributed by atoms with van der Waals surface area (Å²) in [6.07, 6.45) is 1.48. The smallest absolute Gasteiger partial charge is 0.371 e. The van der Waals surface area contributed by atoms with Crippen LogP contribution >= 0.6 is 0 Å². The number of hydrogen-bond acceptors (Lipinski definition) is 3. The molecule has 41 heavy (non-hydrogen) atoms. The zero-order chi connectivity index (χ0) is 29.4. The lowest BCUT2D eigenvalue weighted by Crippen LogP contribution is -2.31. The van der Waals surface area contributed by atoms with E-state index in [2.05, 4.69) is 29.1 Å². The number of alkyl halides is 6. The highest BCUT2D eigenvalue weighted by Crippen LogP contribution is 2.38. The van der Waals surface area contributed by atoms with Crippen LogP contribution in [0, 0.1) is 5.92 Å². The maximum atomic E-state index is 13.6. The van der Waals surface area contributed by atoms with E-state index in [1.807, 2.05) is 4.90 Å². The Kier molecular flexibility index (Phi) is 8.30. The zero-order valence-electron chi connectivity index (χ0n) is 23.5. The van der Waals surface area contributed by atoms with Crippen molar-refractivity contribution in [3.8, 4) is 0 Å². The fourth-order valence-electron chi connectivity index (χ4n) is 6.33. The summed E-state index contributed by atoms with van der Waals surface area (Å²) in [5, 5.41) is 4.24. The average molecular weight is 579 g/mol. The molecule has 2 aliphatic carbocycles. The summed E-state index contributed by atoms with van der Waals surface area (Å²) in [7, 11) is 1.73. The minimum absolute atomic E-state index is 0.0583. The highest BCUT2D eigenvalue weighted by Gasteiger charge is 2.37. The SMILES string of the molecule is CCN(CC1CCCC1)c1cc2c(cc1CN(Cc1cc(C(F)(F)F)cc(C(F)(F)F)c1)c1cnn(C)c1)CCC2. The summed E-state index contributed by atoms with van der Waals surface area (Å²) in [4.78, 5) is 4.23. The van der Waals surface area contributed by atoms with Crippen LogP contribution in [0.25, 0.3) is 0 Å². The molecule has 10 heteroatoms. The Bertz CT molecular complexity index is 1320. The molecule has 4 nitrogen and oxygen atoms in total. The minimum Gasteiger partial charge on any atom is -0.371 e. The van der Waals surface area contributed by atoms with Gasteiger partial charge in [0.25, 0.3) is 0 Å². The summed E-state index contributed by atoms with van der Waals surface area (Å²) < 4.78 is 83.3. The molecule has 1 fully saturated rings. The Morgan fingerprint density at radius 3 is 2.02 bits per heavy atom. The van der Waals surface area contributed by atoms with Gasteiger partial charge in [-0.25, -0.2) is 0 Å². The van der Waals surface area contributed by atoms with Crippen molar-refractivity contribution >= 4 is 11.4 Å². The second kappa shape index (κ2) is 11.6. The molecule has 222 valence electrons. The van der Waals surface area contributed by atoms with Gasteiger partial charge in [-0.1, -0.05) is 18.9 Å². The van der Waals surface area contributed by atoms with E-state index in [9.17, 15) is 26.3 Å². The molecule has 0 aliphatic heterocycles. The van der Waals surface area contributed by atoms with Gasteiger partial charge in [0.15, 0.2) is 0 Å². The molecule has 5 rings (SSSR count). The summed E-state index contributed by atoms with van der Waals surface area (Å²) in [6, 6.07) is 6.29. The third-order valence-electron chi connectivity index (χ3n) is 8.41. The first kappa shape index (κ1) is 29.3. The molecule has 1 aromatic heterocycles. The molecule has 0 radical (unpaired) electrons. The van der Waals surface area contributed by atoms with E-state index in [0.29, 0.717) is 18.2 Å². The Morgan fingerprint density at radius 2 is 1.46 bits per heavy atom. The van der Waals surface area contributed by atoms with Gasteiger partial charge in [0, 0.05) is 45.1 Å². The largest absolute Gasteiger partial charge is 0.416 e. The molecule has 0 saturated heterocycles. The zero-order valence-corrected chi connectivity index (χ0v) is 23.5. The lowest BCUT2D eigenvalue weighted by molar-refractivity contribution is -0.143. The van der Waals surface area contributed by atoms with Gasteiger partial charge >= 0.3 is 12.4 Å². The minimum atomic E-state index is -4.90. The monoisotopic (exact) mass is 578 g/mol. The lowest BCUT2D eigenvalue weighted by Gasteiger charge is -2.32. The van der Waals surface area contributed by atoms with Gasteiger partial charge in [0.2, 0.25) is 0 Å². The number of aromatic nitrogens is 2. The summed E-state index contributed by atoms with van der Waals surface area (Å²) in [5.74, 6) is 0.622. The molecule has 0 atom stereocenters. The summed E-state index contributed by atoms with van der Waals surface area (Å²) in [5.41, 5.74) is 2.69. The van der Waals surface area contributed by atoms with Crippen molar-refractivity contribution in [2.45, 2.75) is 77.3 Å². The van der Waals surface area contributed by atoms with E-state index in [1.54, 1.807) is 24.1 Å². The number of hydrogen-bond donors (Lipinski definition) is 0. The molecule has 0 bridgehead atoms. The molecule has 3 aromatic rings. The first-order valence-corrected chi connectivity index (χ1v) is 14.3. The average Bonchev–Trinajstić information content (AvgIpc) is 3.67. The van der Waals surface area contributed by atoms with Crippen LogP contribution < -0.4 is 9.80 Å². The maximum Gasteiger partial charge on any atom is 0.416 e. The van der Waals surface area contributed by atoms with E-state index in [-0.39, 0.29) is 18.2 Å². The first-order valence-electron chi connectivity index (χ1n) is 14.3. The third-order valence-corrected chi connectivity index (χ3v) is 8.41. The molecule has 0 unspecified atom stereocenters. The Balaban J connectivity index is 1.54. The molecule has 2 aliphatic rings. The van der Waals surface area contributed by atoms with Crippen LogP contribution in [0.4, 0.5) is 37.7 Å². The number of aryl methyl sites for hydroxylation is 3. The number of benzene rings is 2. The molecular formula is C31H36F6N4. The quantitative estimate of drug-likeness (QED) is 0.240. The van der Waals surface area contributed by atoms with Crippen LogP contribution in [0.15, 0.2) is 42.7 Å². The van der Waals surface area contributed by atoms with E-state index in [0.717, 1.165) is 55.7 Å². The van der Waals surface area contributed by atoms with Crippen molar-refractivity contribution in [2.75, 3.05) is 22.9 Å². The second-order valence-electron chi connectivity index (χ2n) is 11.4. The van der Waals surface area contributed by atoms with Crippen molar-refractivity contribution < 1.29 is 26.3 Å². The van der Waals surface area contributed by atoms with Crippen LogP contribution in [0.5, 0.6) is 0 Å². The van der Waals surface area contributed by atoms with Crippen LogP contribution in [-0.2, 0) is 45.3 Å². The Morgan fingerprint density at radius 1 is 0.829 bits per heavy atom. The van der Waals surface area contributed by atoms with E-state index >= 15 is 0 Å². The van der Waals surface area contributed by atoms with Crippen molar-refractivity contribution in [1.29, 1.82) is 0 Å². The number of fused-ring (bicyclic) bond motifs is 1. The summed E-state index contributed by atoms with van der Waals surface area (Å²) >= 11 is 0. The van der Waals surface area contributed by atoms with E-state index in [4.69, 9.17) is 0 Å². The molecule has 0 N–H and O–H groups in total. The number of nitrogens with zero attached hydrogens (tertiary/aromatic N) is 4. The van der Waals surface area contributed by atoms with E-state index < -0.39 is 23.5 Å². The normalized spacial score (nSPS) is 15.9. The molecular weight excluding hydrogens is 542 g/mol. The maximum absolute atomic E-state index is 13.6. The van der Waals surface area contributed by atoms with Crippen LogP contribution in [0.1, 0.15) is 72.4 Å².